The van der Waals surface area contributed by atoms with Crippen molar-refractivity contribution in [2.45, 2.75) is 39.3 Å². The highest BCUT2D eigenvalue weighted by Crippen LogP contribution is 2.17. The number of nitrogens with one attached hydrogen (secondary N) is 1. The second kappa shape index (κ2) is 7.73. The van der Waals surface area contributed by atoms with Crippen molar-refractivity contribution < 1.29 is 9.53 Å². The predicted octanol–water partition coefficient (Wildman–Crippen LogP) is 2.89. The van der Waals surface area contributed by atoms with Gasteiger partial charge in [-0.25, -0.2) is 0 Å². The van der Waals surface area contributed by atoms with Crippen LogP contribution in [-0.2, 0) is 11.3 Å². The third kappa shape index (κ3) is 4.30. The molecule has 0 amide bonds. The summed E-state index contributed by atoms with van der Waals surface area (Å²) in [7, 11) is 0. The lowest BCUT2D eigenvalue weighted by Gasteiger charge is -2.24. The number of H-pyrrole nitrogens is 1. The zero-order valence-corrected chi connectivity index (χ0v) is 14.4. The average Bonchev–Trinajstić information content (AvgIpc) is 3.17. The summed E-state index contributed by atoms with van der Waals surface area (Å²) in [4.78, 5) is 22.3. The van der Waals surface area contributed by atoms with E-state index in [-0.39, 0.29) is 11.9 Å². The molecule has 1 aliphatic heterocycles. The van der Waals surface area contributed by atoms with Gasteiger partial charge >= 0.3 is 0 Å². The van der Waals surface area contributed by atoms with Crippen LogP contribution in [0.1, 0.15) is 40.2 Å². The largest absolute Gasteiger partial charge is 0.377 e. The summed E-state index contributed by atoms with van der Waals surface area (Å²) in [5.74, 6) is 0.152. The first-order valence-electron chi connectivity index (χ1n) is 8.54. The fourth-order valence-electron chi connectivity index (χ4n) is 3.31. The SMILES string of the molecule is Cc1cc(C(=O)CN(Cc2cccnc2)C[C@@H]2CCCO2)c(C)[nH]1. The van der Waals surface area contributed by atoms with Gasteiger partial charge in [-0.3, -0.25) is 14.7 Å². The van der Waals surface area contributed by atoms with Crippen LogP contribution in [0.3, 0.4) is 0 Å². The molecule has 1 saturated heterocycles. The van der Waals surface area contributed by atoms with Crippen molar-refractivity contribution in [1.82, 2.24) is 14.9 Å². The van der Waals surface area contributed by atoms with Crippen LogP contribution >= 0.6 is 0 Å². The molecule has 2 aromatic rings. The quantitative estimate of drug-likeness (QED) is 0.795. The molecule has 0 saturated carbocycles. The van der Waals surface area contributed by atoms with Crippen LogP contribution in [0.15, 0.2) is 30.6 Å². The van der Waals surface area contributed by atoms with Crippen molar-refractivity contribution in [3.05, 3.63) is 53.1 Å². The number of rotatable bonds is 7. The molecule has 0 aliphatic carbocycles. The zero-order valence-electron chi connectivity index (χ0n) is 14.4. The highest BCUT2D eigenvalue weighted by molar-refractivity contribution is 5.98. The lowest BCUT2D eigenvalue weighted by molar-refractivity contribution is 0.0650. The van der Waals surface area contributed by atoms with E-state index in [0.717, 1.165) is 48.5 Å². The van der Waals surface area contributed by atoms with Crippen LogP contribution < -0.4 is 0 Å². The van der Waals surface area contributed by atoms with Crippen molar-refractivity contribution >= 4 is 5.78 Å². The molecule has 1 fully saturated rings. The number of carbonyl (C=O) groups excluding carboxylic acids is 1. The maximum absolute atomic E-state index is 12.7. The maximum atomic E-state index is 12.7. The third-order valence-corrected chi connectivity index (χ3v) is 4.43. The Morgan fingerprint density at radius 2 is 2.33 bits per heavy atom. The monoisotopic (exact) mass is 327 g/mol. The van der Waals surface area contributed by atoms with Gasteiger partial charge in [0.05, 0.1) is 12.6 Å². The number of hydrogen-bond acceptors (Lipinski definition) is 4. The Balaban J connectivity index is 1.70. The molecule has 0 radical (unpaired) electrons. The van der Waals surface area contributed by atoms with E-state index in [9.17, 15) is 4.79 Å². The Labute approximate surface area is 143 Å². The lowest BCUT2D eigenvalue weighted by atomic mass is 10.1. The Morgan fingerprint density at radius 1 is 1.46 bits per heavy atom. The van der Waals surface area contributed by atoms with Gasteiger partial charge < -0.3 is 9.72 Å². The van der Waals surface area contributed by atoms with E-state index < -0.39 is 0 Å². The van der Waals surface area contributed by atoms with E-state index >= 15 is 0 Å². The maximum Gasteiger partial charge on any atom is 0.178 e. The lowest BCUT2D eigenvalue weighted by Crippen LogP contribution is -2.36. The molecule has 2 aromatic heterocycles. The van der Waals surface area contributed by atoms with Crippen LogP contribution in [0.4, 0.5) is 0 Å². The van der Waals surface area contributed by atoms with Gasteiger partial charge in [-0.2, -0.15) is 0 Å². The summed E-state index contributed by atoms with van der Waals surface area (Å²) in [6, 6.07) is 5.92. The summed E-state index contributed by atoms with van der Waals surface area (Å²) in [6.45, 7) is 6.64. The average molecular weight is 327 g/mol. The van der Waals surface area contributed by atoms with Gasteiger partial charge in [0.2, 0.25) is 0 Å². The molecule has 5 nitrogen and oxygen atoms in total. The zero-order chi connectivity index (χ0) is 16.9. The van der Waals surface area contributed by atoms with Gasteiger partial charge in [-0.15, -0.1) is 0 Å². The molecule has 128 valence electrons. The summed E-state index contributed by atoms with van der Waals surface area (Å²) in [6.07, 6.45) is 6.03. The van der Waals surface area contributed by atoms with Gasteiger partial charge in [0.25, 0.3) is 0 Å². The predicted molar refractivity (Wildman–Crippen MR) is 93.1 cm³/mol. The van der Waals surface area contributed by atoms with Crippen molar-refractivity contribution in [2.75, 3.05) is 19.7 Å². The summed E-state index contributed by atoms with van der Waals surface area (Å²) < 4.78 is 5.76. The number of ether oxygens (including phenoxy) is 1. The molecular formula is C19H25N3O2. The molecule has 1 atom stereocenters. The number of pyridine rings is 1. The fourth-order valence-corrected chi connectivity index (χ4v) is 3.31. The van der Waals surface area contributed by atoms with E-state index in [1.807, 2.05) is 38.2 Å². The highest BCUT2D eigenvalue weighted by atomic mass is 16.5. The highest BCUT2D eigenvalue weighted by Gasteiger charge is 2.22. The molecule has 24 heavy (non-hydrogen) atoms. The first kappa shape index (κ1) is 16.9. The first-order chi connectivity index (χ1) is 11.6. The molecular weight excluding hydrogens is 302 g/mol. The number of aromatic amines is 1. The smallest absolute Gasteiger partial charge is 0.178 e. The minimum atomic E-state index is 0.152. The fraction of sp³-hybridized carbons (Fsp3) is 0.474. The first-order valence-corrected chi connectivity index (χ1v) is 8.54. The second-order valence-corrected chi connectivity index (χ2v) is 6.58. The van der Waals surface area contributed by atoms with Crippen LogP contribution in [0.5, 0.6) is 0 Å². The Morgan fingerprint density at radius 3 is 2.96 bits per heavy atom. The number of carbonyl (C=O) groups is 1. The molecule has 0 unspecified atom stereocenters. The van der Waals surface area contributed by atoms with Gasteiger partial charge in [0.1, 0.15) is 0 Å². The van der Waals surface area contributed by atoms with Crippen LogP contribution in [-0.4, -0.2) is 46.5 Å². The number of Topliss-reactive ketones (excluding diaryl/α,β-unsaturated/α-hetero) is 1. The van der Waals surface area contributed by atoms with Crippen molar-refractivity contribution in [2.24, 2.45) is 0 Å². The van der Waals surface area contributed by atoms with E-state index in [4.69, 9.17) is 4.74 Å². The topological polar surface area (TPSA) is 58.2 Å². The number of aryl methyl sites for hydroxylation is 2. The molecule has 0 aromatic carbocycles. The number of nitrogens with zero attached hydrogens (tertiary/aromatic N) is 2. The molecule has 0 bridgehead atoms. The van der Waals surface area contributed by atoms with Gasteiger partial charge in [-0.1, -0.05) is 6.07 Å². The van der Waals surface area contributed by atoms with E-state index in [1.165, 1.54) is 0 Å². The van der Waals surface area contributed by atoms with Crippen molar-refractivity contribution in [3.63, 3.8) is 0 Å². The normalized spacial score (nSPS) is 17.5. The van der Waals surface area contributed by atoms with Crippen molar-refractivity contribution in [3.8, 4) is 0 Å². The summed E-state index contributed by atoms with van der Waals surface area (Å²) >= 11 is 0. The van der Waals surface area contributed by atoms with E-state index in [2.05, 4.69) is 14.9 Å². The molecule has 3 rings (SSSR count). The minimum Gasteiger partial charge on any atom is -0.377 e. The van der Waals surface area contributed by atoms with Gasteiger partial charge in [-0.05, 0) is 44.4 Å². The molecule has 1 N–H and O–H groups in total. The minimum absolute atomic E-state index is 0.152. The van der Waals surface area contributed by atoms with Gasteiger partial charge in [0, 0.05) is 49.0 Å². The molecule has 1 aliphatic rings. The molecule has 5 heteroatoms. The summed E-state index contributed by atoms with van der Waals surface area (Å²) in [5.41, 5.74) is 3.87. The number of ketones is 1. The third-order valence-electron chi connectivity index (χ3n) is 4.43. The second-order valence-electron chi connectivity index (χ2n) is 6.58. The molecule has 0 spiro atoms. The Hall–Kier alpha value is -1.98. The van der Waals surface area contributed by atoms with Crippen LogP contribution in [0, 0.1) is 13.8 Å². The van der Waals surface area contributed by atoms with Crippen LogP contribution in [0.25, 0.3) is 0 Å². The number of hydrogen-bond donors (Lipinski definition) is 1. The van der Waals surface area contributed by atoms with Crippen molar-refractivity contribution in [1.29, 1.82) is 0 Å². The standard InChI is InChI=1S/C19H25N3O2/c1-14-9-18(15(2)21-14)19(23)13-22(12-17-6-4-8-24-17)11-16-5-3-7-20-10-16/h3,5,7,9-10,17,21H,4,6,8,11-13H2,1-2H3/t17-/m0/s1. The van der Waals surface area contributed by atoms with Crippen LogP contribution in [0.2, 0.25) is 0 Å². The number of aromatic nitrogens is 2. The molecule has 3 heterocycles. The Bertz CT molecular complexity index is 675. The van der Waals surface area contributed by atoms with E-state index in [1.54, 1.807) is 6.20 Å². The van der Waals surface area contributed by atoms with E-state index in [0.29, 0.717) is 13.1 Å². The Kier molecular flexibility index (Phi) is 5.43. The summed E-state index contributed by atoms with van der Waals surface area (Å²) in [5, 5.41) is 0. The van der Waals surface area contributed by atoms with Gasteiger partial charge in [0.15, 0.2) is 5.78 Å².